The van der Waals surface area contributed by atoms with E-state index >= 15 is 0 Å². The minimum absolute atomic E-state index is 0.197. The van der Waals surface area contributed by atoms with Crippen molar-refractivity contribution in [2.24, 2.45) is 5.73 Å². The van der Waals surface area contributed by atoms with Gasteiger partial charge in [0, 0.05) is 6.20 Å². The van der Waals surface area contributed by atoms with Crippen molar-refractivity contribution in [3.63, 3.8) is 0 Å². The van der Waals surface area contributed by atoms with E-state index in [-0.39, 0.29) is 5.91 Å². The summed E-state index contributed by atoms with van der Waals surface area (Å²) in [5, 5.41) is 2.75. The van der Waals surface area contributed by atoms with E-state index in [1.807, 2.05) is 6.92 Å². The Morgan fingerprint density at radius 3 is 3.00 bits per heavy atom. The van der Waals surface area contributed by atoms with Gasteiger partial charge in [-0.25, -0.2) is 4.98 Å². The molecule has 1 aromatic heterocycles. The SMILES string of the molecule is CCCCC(N)C(=O)Nc1cccnc1OCC. The number of carbonyl (C=O) groups excluding carboxylic acids is 1. The Kier molecular flexibility index (Phi) is 6.14. The first-order valence-corrected chi connectivity index (χ1v) is 6.33. The van der Waals surface area contributed by atoms with Gasteiger partial charge in [0.05, 0.1) is 12.6 Å². The highest BCUT2D eigenvalue weighted by atomic mass is 16.5. The lowest BCUT2D eigenvalue weighted by Crippen LogP contribution is -2.35. The van der Waals surface area contributed by atoms with E-state index in [2.05, 4.69) is 17.2 Å². The Hall–Kier alpha value is -1.62. The van der Waals surface area contributed by atoms with Gasteiger partial charge < -0.3 is 15.8 Å². The molecule has 1 unspecified atom stereocenters. The lowest BCUT2D eigenvalue weighted by atomic mass is 10.1. The molecular weight excluding hydrogens is 230 g/mol. The summed E-state index contributed by atoms with van der Waals surface area (Å²) in [6, 6.07) is 3.01. The number of unbranched alkanes of at least 4 members (excludes halogenated alkanes) is 1. The van der Waals surface area contributed by atoms with Crippen LogP contribution in [0.15, 0.2) is 18.3 Å². The van der Waals surface area contributed by atoms with Gasteiger partial charge in [0.25, 0.3) is 0 Å². The molecule has 0 aromatic carbocycles. The molecule has 1 atom stereocenters. The third-order valence-electron chi connectivity index (χ3n) is 2.52. The standard InChI is InChI=1S/C13H21N3O2/c1-3-5-7-10(14)12(17)16-11-8-6-9-15-13(11)18-4-2/h6,8-10H,3-5,7,14H2,1-2H3,(H,16,17). The zero-order valence-corrected chi connectivity index (χ0v) is 11.0. The summed E-state index contributed by atoms with van der Waals surface area (Å²) in [4.78, 5) is 15.9. The average molecular weight is 251 g/mol. The summed E-state index contributed by atoms with van der Waals surface area (Å²) in [6.45, 7) is 4.44. The molecule has 5 heteroatoms. The highest BCUT2D eigenvalue weighted by Crippen LogP contribution is 2.20. The molecule has 0 saturated heterocycles. The monoisotopic (exact) mass is 251 g/mol. The van der Waals surface area contributed by atoms with Crippen molar-refractivity contribution in [1.29, 1.82) is 0 Å². The molecule has 0 radical (unpaired) electrons. The summed E-state index contributed by atoms with van der Waals surface area (Å²) in [7, 11) is 0. The van der Waals surface area contributed by atoms with Crippen LogP contribution in [0.4, 0.5) is 5.69 Å². The third kappa shape index (κ3) is 4.33. The number of pyridine rings is 1. The minimum Gasteiger partial charge on any atom is -0.476 e. The summed E-state index contributed by atoms with van der Waals surface area (Å²) in [6.07, 6.45) is 4.28. The Labute approximate surface area is 108 Å². The zero-order valence-electron chi connectivity index (χ0n) is 11.0. The predicted octanol–water partition coefficient (Wildman–Crippen LogP) is 1.94. The van der Waals surface area contributed by atoms with E-state index in [0.717, 1.165) is 12.8 Å². The fourth-order valence-electron chi connectivity index (χ4n) is 1.52. The van der Waals surface area contributed by atoms with Crippen LogP contribution in [0, 0.1) is 0 Å². The number of hydrogen-bond acceptors (Lipinski definition) is 4. The zero-order chi connectivity index (χ0) is 13.4. The Balaban J connectivity index is 2.63. The first-order chi connectivity index (χ1) is 8.69. The van der Waals surface area contributed by atoms with Crippen molar-refractivity contribution in [3.8, 4) is 5.88 Å². The van der Waals surface area contributed by atoms with Gasteiger partial charge in [-0.15, -0.1) is 0 Å². The molecule has 0 aliphatic heterocycles. The predicted molar refractivity (Wildman–Crippen MR) is 71.5 cm³/mol. The fourth-order valence-corrected chi connectivity index (χ4v) is 1.52. The quantitative estimate of drug-likeness (QED) is 0.776. The average Bonchev–Trinajstić information content (AvgIpc) is 2.38. The largest absolute Gasteiger partial charge is 0.476 e. The number of nitrogens with two attached hydrogens (primary N) is 1. The Morgan fingerprint density at radius 1 is 1.56 bits per heavy atom. The smallest absolute Gasteiger partial charge is 0.241 e. The molecule has 5 nitrogen and oxygen atoms in total. The molecule has 1 amide bonds. The summed E-state index contributed by atoms with van der Waals surface area (Å²) in [5.41, 5.74) is 6.37. The lowest BCUT2D eigenvalue weighted by Gasteiger charge is -2.13. The second kappa shape index (κ2) is 7.66. The van der Waals surface area contributed by atoms with Gasteiger partial charge in [-0.05, 0) is 25.5 Å². The molecule has 0 spiro atoms. The second-order valence-corrected chi connectivity index (χ2v) is 4.03. The Bertz CT molecular complexity index is 382. The van der Waals surface area contributed by atoms with E-state index in [1.54, 1.807) is 18.3 Å². The van der Waals surface area contributed by atoms with E-state index in [4.69, 9.17) is 10.5 Å². The van der Waals surface area contributed by atoms with Gasteiger partial charge in [-0.1, -0.05) is 19.8 Å². The molecular formula is C13H21N3O2. The van der Waals surface area contributed by atoms with Crippen LogP contribution >= 0.6 is 0 Å². The van der Waals surface area contributed by atoms with Gasteiger partial charge in [0.2, 0.25) is 11.8 Å². The number of nitrogens with zero attached hydrogens (tertiary/aromatic N) is 1. The molecule has 100 valence electrons. The minimum atomic E-state index is -0.486. The van der Waals surface area contributed by atoms with Crippen molar-refractivity contribution in [3.05, 3.63) is 18.3 Å². The second-order valence-electron chi connectivity index (χ2n) is 4.03. The van der Waals surface area contributed by atoms with Crippen LogP contribution in [0.2, 0.25) is 0 Å². The van der Waals surface area contributed by atoms with Gasteiger partial charge in [-0.2, -0.15) is 0 Å². The molecule has 1 heterocycles. The van der Waals surface area contributed by atoms with Gasteiger partial charge in [0.15, 0.2) is 0 Å². The molecule has 0 saturated carbocycles. The number of amides is 1. The summed E-state index contributed by atoms with van der Waals surface area (Å²) >= 11 is 0. The number of carbonyl (C=O) groups is 1. The highest BCUT2D eigenvalue weighted by molar-refractivity contribution is 5.95. The van der Waals surface area contributed by atoms with E-state index in [0.29, 0.717) is 24.6 Å². The fraction of sp³-hybridized carbons (Fsp3) is 0.538. The van der Waals surface area contributed by atoms with E-state index < -0.39 is 6.04 Å². The van der Waals surface area contributed by atoms with Gasteiger partial charge in [0.1, 0.15) is 5.69 Å². The van der Waals surface area contributed by atoms with E-state index in [9.17, 15) is 4.79 Å². The number of nitrogens with one attached hydrogen (secondary N) is 1. The molecule has 1 rings (SSSR count). The molecule has 18 heavy (non-hydrogen) atoms. The van der Waals surface area contributed by atoms with Crippen molar-refractivity contribution in [2.75, 3.05) is 11.9 Å². The summed E-state index contributed by atoms with van der Waals surface area (Å²) < 4.78 is 5.33. The molecule has 0 aliphatic rings. The molecule has 0 aliphatic carbocycles. The Morgan fingerprint density at radius 2 is 2.33 bits per heavy atom. The van der Waals surface area contributed by atoms with Gasteiger partial charge >= 0.3 is 0 Å². The van der Waals surface area contributed by atoms with Crippen LogP contribution in [0.25, 0.3) is 0 Å². The van der Waals surface area contributed by atoms with E-state index in [1.165, 1.54) is 0 Å². The van der Waals surface area contributed by atoms with Crippen LogP contribution in [0.1, 0.15) is 33.1 Å². The lowest BCUT2D eigenvalue weighted by molar-refractivity contribution is -0.117. The number of hydrogen-bond donors (Lipinski definition) is 2. The molecule has 0 bridgehead atoms. The first-order valence-electron chi connectivity index (χ1n) is 6.33. The van der Waals surface area contributed by atoms with Crippen LogP contribution in [-0.2, 0) is 4.79 Å². The van der Waals surface area contributed by atoms with Crippen LogP contribution in [0.3, 0.4) is 0 Å². The molecule has 0 fully saturated rings. The maximum Gasteiger partial charge on any atom is 0.241 e. The molecule has 1 aromatic rings. The maximum absolute atomic E-state index is 11.9. The normalized spacial score (nSPS) is 11.9. The van der Waals surface area contributed by atoms with Crippen molar-refractivity contribution < 1.29 is 9.53 Å². The number of anilines is 1. The number of aromatic nitrogens is 1. The summed E-state index contributed by atoms with van der Waals surface area (Å²) in [5.74, 6) is 0.230. The van der Waals surface area contributed by atoms with Crippen molar-refractivity contribution in [1.82, 2.24) is 4.98 Å². The van der Waals surface area contributed by atoms with Crippen molar-refractivity contribution in [2.45, 2.75) is 39.2 Å². The highest BCUT2D eigenvalue weighted by Gasteiger charge is 2.15. The van der Waals surface area contributed by atoms with Crippen LogP contribution in [-0.4, -0.2) is 23.5 Å². The van der Waals surface area contributed by atoms with Crippen molar-refractivity contribution >= 4 is 11.6 Å². The third-order valence-corrected chi connectivity index (χ3v) is 2.52. The first kappa shape index (κ1) is 14.4. The van der Waals surface area contributed by atoms with Crippen LogP contribution in [0.5, 0.6) is 5.88 Å². The van der Waals surface area contributed by atoms with Crippen LogP contribution < -0.4 is 15.8 Å². The number of rotatable bonds is 7. The topological polar surface area (TPSA) is 77.2 Å². The molecule has 3 N–H and O–H groups in total. The van der Waals surface area contributed by atoms with Gasteiger partial charge in [-0.3, -0.25) is 4.79 Å². The maximum atomic E-state index is 11.9. The number of ether oxygens (including phenoxy) is 1.